The number of carbonyl (C=O) groups excluding carboxylic acids is 2. The number of carbonyl (C=O) groups is 2. The van der Waals surface area contributed by atoms with Gasteiger partial charge in [-0.15, -0.1) is 0 Å². The molecule has 0 aromatic rings. The summed E-state index contributed by atoms with van der Waals surface area (Å²) in [4.78, 5) is 22.2. The number of nitrogens with one attached hydrogen (secondary N) is 1. The van der Waals surface area contributed by atoms with Crippen LogP contribution in [0.15, 0.2) is 48.6 Å². The SMILES string of the molecule is CCCCC/C=C\C/C=C\C/C=C\C/C=C\CCCCC(NC(C)=O)C(N)=O. The topological polar surface area (TPSA) is 72.2 Å². The fourth-order valence-electron chi connectivity index (χ4n) is 2.70. The quantitative estimate of drug-likeness (QED) is 0.255. The molecule has 0 saturated heterocycles. The average molecular weight is 389 g/mol. The normalized spacial score (nSPS) is 13.2. The molecule has 1 unspecified atom stereocenters. The fourth-order valence-corrected chi connectivity index (χ4v) is 2.70. The average Bonchev–Trinajstić information content (AvgIpc) is 2.65. The second kappa shape index (κ2) is 19.7. The van der Waals surface area contributed by atoms with Gasteiger partial charge in [-0.25, -0.2) is 0 Å². The summed E-state index contributed by atoms with van der Waals surface area (Å²) < 4.78 is 0. The molecule has 4 heteroatoms. The van der Waals surface area contributed by atoms with Crippen LogP contribution < -0.4 is 11.1 Å². The summed E-state index contributed by atoms with van der Waals surface area (Å²) >= 11 is 0. The summed E-state index contributed by atoms with van der Waals surface area (Å²) in [6.07, 6.45) is 29.2. The first-order valence-corrected chi connectivity index (χ1v) is 10.7. The Morgan fingerprint density at radius 1 is 0.786 bits per heavy atom. The van der Waals surface area contributed by atoms with Crippen molar-refractivity contribution in [3.8, 4) is 0 Å². The molecule has 2 amide bonds. The minimum atomic E-state index is -0.547. The second-order valence-corrected chi connectivity index (χ2v) is 7.03. The molecule has 0 bridgehead atoms. The van der Waals surface area contributed by atoms with E-state index in [1.165, 1.54) is 32.6 Å². The molecular formula is C24H40N2O2. The van der Waals surface area contributed by atoms with E-state index in [-0.39, 0.29) is 5.91 Å². The van der Waals surface area contributed by atoms with Crippen molar-refractivity contribution in [3.05, 3.63) is 48.6 Å². The zero-order valence-electron chi connectivity index (χ0n) is 17.9. The number of primary amides is 1. The highest BCUT2D eigenvalue weighted by Gasteiger charge is 2.14. The van der Waals surface area contributed by atoms with E-state index in [1.54, 1.807) is 0 Å². The van der Waals surface area contributed by atoms with Crippen molar-refractivity contribution in [2.75, 3.05) is 0 Å². The maximum atomic E-state index is 11.2. The molecule has 0 aliphatic rings. The van der Waals surface area contributed by atoms with Crippen molar-refractivity contribution in [2.24, 2.45) is 5.73 Å². The van der Waals surface area contributed by atoms with Gasteiger partial charge in [0.1, 0.15) is 6.04 Å². The standard InChI is InChI=1S/C24H40N2O2/c1-3-4-5-6-7-8-9-10-11-12-13-14-15-16-17-18-19-20-21-23(24(25)28)26-22(2)27/h7-8,10-11,13-14,16-17,23H,3-6,9,12,15,18-21H2,1-2H3,(H2,25,28)(H,26,27)/b8-7-,11-10-,14-13-,17-16-. The minimum Gasteiger partial charge on any atom is -0.368 e. The molecule has 158 valence electrons. The Balaban J connectivity index is 3.62. The molecule has 0 saturated carbocycles. The lowest BCUT2D eigenvalue weighted by Gasteiger charge is -2.13. The van der Waals surface area contributed by atoms with E-state index in [0.717, 1.165) is 38.5 Å². The zero-order valence-corrected chi connectivity index (χ0v) is 17.9. The second-order valence-electron chi connectivity index (χ2n) is 7.03. The molecule has 4 nitrogen and oxygen atoms in total. The lowest BCUT2D eigenvalue weighted by Crippen LogP contribution is -2.43. The highest BCUT2D eigenvalue weighted by molar-refractivity contribution is 5.85. The Morgan fingerprint density at radius 2 is 1.25 bits per heavy atom. The highest BCUT2D eigenvalue weighted by Crippen LogP contribution is 2.05. The van der Waals surface area contributed by atoms with Crippen LogP contribution in [-0.2, 0) is 9.59 Å². The van der Waals surface area contributed by atoms with Crippen molar-refractivity contribution in [3.63, 3.8) is 0 Å². The predicted molar refractivity (Wildman–Crippen MR) is 120 cm³/mol. The van der Waals surface area contributed by atoms with E-state index in [4.69, 9.17) is 5.73 Å². The first kappa shape index (κ1) is 25.9. The summed E-state index contributed by atoms with van der Waals surface area (Å²) in [6.45, 7) is 3.63. The molecule has 3 N–H and O–H groups in total. The Bertz CT molecular complexity index is 519. The van der Waals surface area contributed by atoms with Gasteiger partial charge in [-0.05, 0) is 51.4 Å². The third kappa shape index (κ3) is 18.7. The predicted octanol–water partition coefficient (Wildman–Crippen LogP) is 5.51. The summed E-state index contributed by atoms with van der Waals surface area (Å²) in [6, 6.07) is -0.547. The van der Waals surface area contributed by atoms with Crippen LogP contribution in [-0.4, -0.2) is 17.9 Å². The number of hydrogen-bond acceptors (Lipinski definition) is 2. The van der Waals surface area contributed by atoms with Crippen LogP contribution >= 0.6 is 0 Å². The molecule has 0 aromatic heterocycles. The van der Waals surface area contributed by atoms with Crippen molar-refractivity contribution in [1.82, 2.24) is 5.32 Å². The molecular weight excluding hydrogens is 348 g/mol. The largest absolute Gasteiger partial charge is 0.368 e. The number of allylic oxidation sites excluding steroid dienone is 8. The minimum absolute atomic E-state index is 0.218. The molecule has 0 rings (SSSR count). The van der Waals surface area contributed by atoms with Crippen molar-refractivity contribution in [1.29, 1.82) is 0 Å². The number of rotatable bonds is 17. The van der Waals surface area contributed by atoms with Crippen LogP contribution in [0.5, 0.6) is 0 Å². The van der Waals surface area contributed by atoms with Gasteiger partial charge in [0.25, 0.3) is 0 Å². The van der Waals surface area contributed by atoms with Gasteiger partial charge >= 0.3 is 0 Å². The molecule has 0 aromatic carbocycles. The van der Waals surface area contributed by atoms with Gasteiger partial charge in [-0.3, -0.25) is 9.59 Å². The van der Waals surface area contributed by atoms with Gasteiger partial charge in [0.15, 0.2) is 0 Å². The van der Waals surface area contributed by atoms with Gasteiger partial charge in [-0.1, -0.05) is 74.8 Å². The Morgan fingerprint density at radius 3 is 1.68 bits per heavy atom. The third-order valence-electron chi connectivity index (χ3n) is 4.29. The van der Waals surface area contributed by atoms with E-state index >= 15 is 0 Å². The van der Waals surface area contributed by atoms with Crippen LogP contribution in [0, 0.1) is 0 Å². The molecule has 0 heterocycles. The molecule has 0 aliphatic carbocycles. The van der Waals surface area contributed by atoms with Gasteiger partial charge < -0.3 is 11.1 Å². The fraction of sp³-hybridized carbons (Fsp3) is 0.583. The van der Waals surface area contributed by atoms with Crippen molar-refractivity contribution in [2.45, 2.75) is 90.5 Å². The van der Waals surface area contributed by atoms with E-state index in [0.29, 0.717) is 6.42 Å². The van der Waals surface area contributed by atoms with Gasteiger partial charge in [0, 0.05) is 6.92 Å². The van der Waals surface area contributed by atoms with Gasteiger partial charge in [-0.2, -0.15) is 0 Å². The molecule has 28 heavy (non-hydrogen) atoms. The molecule has 0 spiro atoms. The van der Waals surface area contributed by atoms with Gasteiger partial charge in [0.05, 0.1) is 0 Å². The van der Waals surface area contributed by atoms with Crippen LogP contribution in [0.1, 0.15) is 84.5 Å². The van der Waals surface area contributed by atoms with E-state index in [1.807, 2.05) is 0 Å². The summed E-state index contributed by atoms with van der Waals surface area (Å²) in [7, 11) is 0. The van der Waals surface area contributed by atoms with Crippen molar-refractivity contribution >= 4 is 11.8 Å². The smallest absolute Gasteiger partial charge is 0.239 e. The van der Waals surface area contributed by atoms with E-state index in [2.05, 4.69) is 60.8 Å². The first-order valence-electron chi connectivity index (χ1n) is 10.7. The molecule has 0 radical (unpaired) electrons. The molecule has 0 fully saturated rings. The number of amides is 2. The summed E-state index contributed by atoms with van der Waals surface area (Å²) in [5, 5.41) is 2.59. The molecule has 1 atom stereocenters. The van der Waals surface area contributed by atoms with E-state index < -0.39 is 11.9 Å². The highest BCUT2D eigenvalue weighted by atomic mass is 16.2. The lowest BCUT2D eigenvalue weighted by atomic mass is 10.1. The van der Waals surface area contributed by atoms with Crippen LogP contribution in [0.25, 0.3) is 0 Å². The summed E-state index contributed by atoms with van der Waals surface area (Å²) in [5.41, 5.74) is 5.28. The molecule has 0 aliphatic heterocycles. The Labute approximate surface area is 172 Å². The van der Waals surface area contributed by atoms with Crippen LogP contribution in [0.4, 0.5) is 0 Å². The van der Waals surface area contributed by atoms with Gasteiger partial charge in [0.2, 0.25) is 11.8 Å². The number of unbranched alkanes of at least 4 members (excludes halogenated alkanes) is 5. The zero-order chi connectivity index (χ0) is 20.9. The van der Waals surface area contributed by atoms with Crippen LogP contribution in [0.3, 0.4) is 0 Å². The maximum Gasteiger partial charge on any atom is 0.239 e. The Kier molecular flexibility index (Phi) is 18.2. The third-order valence-corrected chi connectivity index (χ3v) is 4.29. The number of nitrogens with two attached hydrogens (primary N) is 1. The maximum absolute atomic E-state index is 11.2. The van der Waals surface area contributed by atoms with Crippen molar-refractivity contribution < 1.29 is 9.59 Å². The Hall–Kier alpha value is -2.10. The lowest BCUT2D eigenvalue weighted by molar-refractivity contribution is -0.126. The monoisotopic (exact) mass is 388 g/mol. The summed E-state index contributed by atoms with van der Waals surface area (Å²) in [5.74, 6) is -0.683. The van der Waals surface area contributed by atoms with Crippen LogP contribution in [0.2, 0.25) is 0 Å². The van der Waals surface area contributed by atoms with E-state index in [9.17, 15) is 9.59 Å². The number of hydrogen-bond donors (Lipinski definition) is 2. The first-order chi connectivity index (χ1) is 13.6.